The van der Waals surface area contributed by atoms with Gasteiger partial charge in [-0.05, 0) is 38.8 Å². The Labute approximate surface area is 155 Å². The minimum atomic E-state index is -0.101. The van der Waals surface area contributed by atoms with Crippen molar-refractivity contribution in [2.45, 2.75) is 32.8 Å². The van der Waals surface area contributed by atoms with E-state index in [1.807, 2.05) is 38.1 Å². The summed E-state index contributed by atoms with van der Waals surface area (Å²) in [6, 6.07) is 7.57. The van der Waals surface area contributed by atoms with Gasteiger partial charge in [-0.2, -0.15) is 0 Å². The second-order valence-corrected chi connectivity index (χ2v) is 6.29. The maximum Gasteiger partial charge on any atom is 0.223 e. The maximum atomic E-state index is 11.6. The molecule has 1 aromatic rings. The SMILES string of the molecule is CCNC(=NCC(C)Oc1ccccc1OC)NCCNC(=O)C1CC1. The fraction of sp³-hybridized carbons (Fsp3) is 0.579. The normalized spacial score (nSPS) is 15.1. The average Bonchev–Trinajstić information content (AvgIpc) is 3.48. The van der Waals surface area contributed by atoms with Crippen molar-refractivity contribution in [1.82, 2.24) is 16.0 Å². The van der Waals surface area contributed by atoms with Crippen molar-refractivity contribution in [3.8, 4) is 11.5 Å². The average molecular weight is 362 g/mol. The number of carbonyl (C=O) groups excluding carboxylic acids is 1. The number of amides is 1. The third-order valence-corrected chi connectivity index (χ3v) is 3.91. The van der Waals surface area contributed by atoms with Crippen LogP contribution in [0.4, 0.5) is 0 Å². The smallest absolute Gasteiger partial charge is 0.223 e. The number of guanidine groups is 1. The van der Waals surface area contributed by atoms with Crippen LogP contribution in [0.1, 0.15) is 26.7 Å². The molecule has 0 bridgehead atoms. The molecule has 7 heteroatoms. The van der Waals surface area contributed by atoms with Gasteiger partial charge in [0, 0.05) is 25.6 Å². The first-order valence-corrected chi connectivity index (χ1v) is 9.23. The second-order valence-electron chi connectivity index (χ2n) is 6.29. The van der Waals surface area contributed by atoms with Crippen LogP contribution < -0.4 is 25.4 Å². The Morgan fingerprint density at radius 2 is 1.88 bits per heavy atom. The minimum Gasteiger partial charge on any atom is -0.493 e. The summed E-state index contributed by atoms with van der Waals surface area (Å²) < 4.78 is 11.2. The van der Waals surface area contributed by atoms with Crippen LogP contribution in [0.2, 0.25) is 0 Å². The van der Waals surface area contributed by atoms with Crippen LogP contribution in [0.5, 0.6) is 11.5 Å². The Hall–Kier alpha value is -2.44. The van der Waals surface area contributed by atoms with Gasteiger partial charge in [-0.25, -0.2) is 4.99 Å². The third kappa shape index (κ3) is 6.82. The van der Waals surface area contributed by atoms with Gasteiger partial charge in [0.05, 0.1) is 13.7 Å². The summed E-state index contributed by atoms with van der Waals surface area (Å²) in [4.78, 5) is 16.2. The van der Waals surface area contributed by atoms with Crippen LogP contribution in [-0.2, 0) is 4.79 Å². The monoisotopic (exact) mass is 362 g/mol. The largest absolute Gasteiger partial charge is 0.493 e. The molecule has 2 rings (SSSR count). The van der Waals surface area contributed by atoms with Crippen molar-refractivity contribution < 1.29 is 14.3 Å². The zero-order valence-corrected chi connectivity index (χ0v) is 15.9. The summed E-state index contributed by atoms with van der Waals surface area (Å²) in [5, 5.41) is 9.34. The van der Waals surface area contributed by atoms with Crippen molar-refractivity contribution in [2.75, 3.05) is 33.3 Å². The zero-order chi connectivity index (χ0) is 18.8. The highest BCUT2D eigenvalue weighted by molar-refractivity contribution is 5.81. The fourth-order valence-electron chi connectivity index (χ4n) is 2.39. The fourth-order valence-corrected chi connectivity index (χ4v) is 2.39. The summed E-state index contributed by atoms with van der Waals surface area (Å²) in [5.74, 6) is 2.53. The van der Waals surface area contributed by atoms with Gasteiger partial charge in [0.15, 0.2) is 17.5 Å². The van der Waals surface area contributed by atoms with Gasteiger partial charge in [-0.3, -0.25) is 4.79 Å². The van der Waals surface area contributed by atoms with Gasteiger partial charge < -0.3 is 25.4 Å². The van der Waals surface area contributed by atoms with Crippen molar-refractivity contribution in [3.63, 3.8) is 0 Å². The Balaban J connectivity index is 1.76. The van der Waals surface area contributed by atoms with E-state index in [0.29, 0.717) is 37.1 Å². The molecule has 26 heavy (non-hydrogen) atoms. The molecule has 1 fully saturated rings. The highest BCUT2D eigenvalue weighted by Crippen LogP contribution is 2.28. The van der Waals surface area contributed by atoms with E-state index in [0.717, 1.165) is 19.4 Å². The van der Waals surface area contributed by atoms with Crippen molar-refractivity contribution in [3.05, 3.63) is 24.3 Å². The Morgan fingerprint density at radius 1 is 1.19 bits per heavy atom. The molecule has 0 aliphatic heterocycles. The van der Waals surface area contributed by atoms with E-state index in [9.17, 15) is 4.79 Å². The van der Waals surface area contributed by atoms with Gasteiger partial charge >= 0.3 is 0 Å². The number of aliphatic imine (C=N–C) groups is 1. The molecule has 0 heterocycles. The molecule has 0 spiro atoms. The molecule has 1 aromatic carbocycles. The summed E-state index contributed by atoms with van der Waals surface area (Å²) in [7, 11) is 1.63. The first-order chi connectivity index (χ1) is 12.6. The standard InChI is InChI=1S/C19H30N4O3/c1-4-20-19(22-12-11-21-18(24)15-9-10-15)23-13-14(2)26-17-8-6-5-7-16(17)25-3/h5-8,14-15H,4,9-13H2,1-3H3,(H,21,24)(H2,20,22,23). The molecule has 1 unspecified atom stereocenters. The highest BCUT2D eigenvalue weighted by atomic mass is 16.5. The molecule has 1 saturated carbocycles. The maximum absolute atomic E-state index is 11.6. The van der Waals surface area contributed by atoms with E-state index in [2.05, 4.69) is 20.9 Å². The van der Waals surface area contributed by atoms with Crippen LogP contribution in [0.3, 0.4) is 0 Å². The molecule has 1 atom stereocenters. The summed E-state index contributed by atoms with van der Waals surface area (Å²) in [6.07, 6.45) is 1.94. The lowest BCUT2D eigenvalue weighted by Gasteiger charge is -2.16. The van der Waals surface area contributed by atoms with Crippen molar-refractivity contribution >= 4 is 11.9 Å². The molecule has 7 nitrogen and oxygen atoms in total. The highest BCUT2D eigenvalue weighted by Gasteiger charge is 2.28. The summed E-state index contributed by atoms with van der Waals surface area (Å²) in [6.45, 7) is 6.47. The molecule has 3 N–H and O–H groups in total. The van der Waals surface area contributed by atoms with Crippen LogP contribution in [0.25, 0.3) is 0 Å². The summed E-state index contributed by atoms with van der Waals surface area (Å²) in [5.41, 5.74) is 0. The first-order valence-electron chi connectivity index (χ1n) is 9.23. The first kappa shape index (κ1) is 19.9. The minimum absolute atomic E-state index is 0.101. The Morgan fingerprint density at radius 3 is 2.54 bits per heavy atom. The molecule has 1 aliphatic carbocycles. The van der Waals surface area contributed by atoms with Gasteiger partial charge in [0.25, 0.3) is 0 Å². The van der Waals surface area contributed by atoms with Crippen LogP contribution in [0.15, 0.2) is 29.3 Å². The lowest BCUT2D eigenvalue weighted by molar-refractivity contribution is -0.122. The molecular formula is C19H30N4O3. The number of benzene rings is 1. The van der Waals surface area contributed by atoms with Gasteiger partial charge in [-0.15, -0.1) is 0 Å². The van der Waals surface area contributed by atoms with Gasteiger partial charge in [0.2, 0.25) is 5.91 Å². The van der Waals surface area contributed by atoms with E-state index < -0.39 is 0 Å². The van der Waals surface area contributed by atoms with Crippen LogP contribution in [0, 0.1) is 5.92 Å². The number of ether oxygens (including phenoxy) is 2. The number of para-hydroxylation sites is 2. The van der Waals surface area contributed by atoms with Gasteiger partial charge in [0.1, 0.15) is 6.10 Å². The number of rotatable bonds is 10. The Bertz CT molecular complexity index is 602. The van der Waals surface area contributed by atoms with E-state index in [-0.39, 0.29) is 17.9 Å². The van der Waals surface area contributed by atoms with E-state index >= 15 is 0 Å². The number of hydrogen-bond donors (Lipinski definition) is 3. The number of nitrogens with zero attached hydrogens (tertiary/aromatic N) is 1. The topological polar surface area (TPSA) is 84.0 Å². The van der Waals surface area contributed by atoms with Gasteiger partial charge in [-0.1, -0.05) is 12.1 Å². The van der Waals surface area contributed by atoms with E-state index in [4.69, 9.17) is 9.47 Å². The molecular weight excluding hydrogens is 332 g/mol. The third-order valence-electron chi connectivity index (χ3n) is 3.91. The second kappa shape index (κ2) is 10.5. The zero-order valence-electron chi connectivity index (χ0n) is 15.9. The van der Waals surface area contributed by atoms with E-state index in [1.165, 1.54) is 0 Å². The molecule has 0 saturated heterocycles. The lowest BCUT2D eigenvalue weighted by Crippen LogP contribution is -2.42. The Kier molecular flexibility index (Phi) is 8.05. The number of carbonyl (C=O) groups is 1. The molecule has 1 amide bonds. The molecule has 0 aromatic heterocycles. The molecule has 0 radical (unpaired) electrons. The predicted octanol–water partition coefficient (Wildman–Crippen LogP) is 1.54. The van der Waals surface area contributed by atoms with Crippen molar-refractivity contribution in [2.24, 2.45) is 10.9 Å². The molecule has 144 valence electrons. The quantitative estimate of drug-likeness (QED) is 0.334. The van der Waals surface area contributed by atoms with Crippen LogP contribution in [-0.4, -0.2) is 51.3 Å². The number of methoxy groups -OCH3 is 1. The summed E-state index contributed by atoms with van der Waals surface area (Å²) >= 11 is 0. The number of hydrogen-bond acceptors (Lipinski definition) is 4. The number of nitrogens with one attached hydrogen (secondary N) is 3. The molecule has 1 aliphatic rings. The predicted molar refractivity (Wildman–Crippen MR) is 103 cm³/mol. The van der Waals surface area contributed by atoms with Crippen molar-refractivity contribution in [1.29, 1.82) is 0 Å². The lowest BCUT2D eigenvalue weighted by atomic mass is 10.3. The van der Waals surface area contributed by atoms with Crippen LogP contribution >= 0.6 is 0 Å². The van der Waals surface area contributed by atoms with E-state index in [1.54, 1.807) is 7.11 Å².